The van der Waals surface area contributed by atoms with Crippen molar-refractivity contribution < 1.29 is 9.53 Å². The van der Waals surface area contributed by atoms with Gasteiger partial charge in [0.2, 0.25) is 0 Å². The molecule has 3 rings (SSSR count). The number of carbonyl (C=O) groups is 1. The van der Waals surface area contributed by atoms with Gasteiger partial charge < -0.3 is 9.64 Å². The van der Waals surface area contributed by atoms with Crippen molar-refractivity contribution in [3.05, 3.63) is 35.4 Å². The molecule has 0 unspecified atom stereocenters. The average Bonchev–Trinajstić information content (AvgIpc) is 2.91. The summed E-state index contributed by atoms with van der Waals surface area (Å²) in [5.74, 6) is 0.178. The highest BCUT2D eigenvalue weighted by molar-refractivity contribution is 5.81. The normalized spacial score (nSPS) is 23.5. The number of amides is 1. The molecule has 0 aromatic heterocycles. The third-order valence-corrected chi connectivity index (χ3v) is 3.65. The summed E-state index contributed by atoms with van der Waals surface area (Å²) in [6, 6.07) is 8.38. The second-order valence-corrected chi connectivity index (χ2v) is 4.78. The summed E-state index contributed by atoms with van der Waals surface area (Å²) in [7, 11) is 0. The molecule has 1 aromatic rings. The van der Waals surface area contributed by atoms with Gasteiger partial charge >= 0.3 is 0 Å². The lowest BCUT2D eigenvalue weighted by molar-refractivity contribution is -0.141. The Bertz CT molecular complexity index is 424. The van der Waals surface area contributed by atoms with Crippen molar-refractivity contribution in [1.29, 1.82) is 0 Å². The van der Waals surface area contributed by atoms with E-state index in [0.717, 1.165) is 39.0 Å². The van der Waals surface area contributed by atoms with E-state index in [9.17, 15) is 4.79 Å². The molecule has 0 N–H and O–H groups in total. The Morgan fingerprint density at radius 3 is 2.88 bits per heavy atom. The quantitative estimate of drug-likeness (QED) is 0.737. The van der Waals surface area contributed by atoms with Gasteiger partial charge in [-0.05, 0) is 30.4 Å². The number of hydrogen-bond donors (Lipinski definition) is 0. The van der Waals surface area contributed by atoms with Crippen LogP contribution in [-0.2, 0) is 22.5 Å². The summed E-state index contributed by atoms with van der Waals surface area (Å²) in [5.41, 5.74) is 2.66. The molecule has 1 aromatic carbocycles. The van der Waals surface area contributed by atoms with Crippen molar-refractivity contribution in [3.8, 4) is 0 Å². The summed E-state index contributed by atoms with van der Waals surface area (Å²) >= 11 is 0. The highest BCUT2D eigenvalue weighted by Crippen LogP contribution is 2.22. The van der Waals surface area contributed by atoms with E-state index in [1.807, 2.05) is 11.0 Å². The second-order valence-electron chi connectivity index (χ2n) is 4.78. The minimum absolute atomic E-state index is 0.178. The van der Waals surface area contributed by atoms with Crippen LogP contribution >= 0.6 is 0 Å². The van der Waals surface area contributed by atoms with E-state index in [2.05, 4.69) is 18.2 Å². The Kier molecular flexibility index (Phi) is 2.85. The van der Waals surface area contributed by atoms with Gasteiger partial charge in [0.15, 0.2) is 0 Å². The number of rotatable bonds is 1. The van der Waals surface area contributed by atoms with E-state index in [4.69, 9.17) is 4.74 Å². The highest BCUT2D eigenvalue weighted by atomic mass is 16.5. The number of ether oxygens (including phenoxy) is 1. The molecule has 0 spiro atoms. The minimum Gasteiger partial charge on any atom is -0.368 e. The van der Waals surface area contributed by atoms with Gasteiger partial charge in [-0.25, -0.2) is 0 Å². The van der Waals surface area contributed by atoms with Crippen LogP contribution in [0.25, 0.3) is 0 Å². The first kappa shape index (κ1) is 10.8. The van der Waals surface area contributed by atoms with Crippen molar-refractivity contribution in [2.75, 3.05) is 13.2 Å². The predicted octanol–water partition coefficient (Wildman–Crippen LogP) is 1.75. The van der Waals surface area contributed by atoms with Crippen molar-refractivity contribution in [3.63, 3.8) is 0 Å². The molecular formula is C14H17NO2. The fourth-order valence-electron chi connectivity index (χ4n) is 2.66. The van der Waals surface area contributed by atoms with E-state index in [1.165, 1.54) is 11.1 Å². The molecular weight excluding hydrogens is 214 g/mol. The first-order valence-corrected chi connectivity index (χ1v) is 6.32. The van der Waals surface area contributed by atoms with Crippen LogP contribution in [0.1, 0.15) is 24.0 Å². The van der Waals surface area contributed by atoms with Gasteiger partial charge in [-0.1, -0.05) is 24.3 Å². The molecule has 1 saturated heterocycles. The number of carbonyl (C=O) groups excluding carboxylic acids is 1. The van der Waals surface area contributed by atoms with Gasteiger partial charge in [0, 0.05) is 19.7 Å². The maximum absolute atomic E-state index is 12.2. The first-order chi connectivity index (χ1) is 8.34. The molecule has 0 aliphatic carbocycles. The van der Waals surface area contributed by atoms with Gasteiger partial charge in [-0.15, -0.1) is 0 Å². The third-order valence-electron chi connectivity index (χ3n) is 3.65. The molecule has 2 aliphatic heterocycles. The second kappa shape index (κ2) is 4.49. The molecule has 17 heavy (non-hydrogen) atoms. The summed E-state index contributed by atoms with van der Waals surface area (Å²) in [4.78, 5) is 14.2. The van der Waals surface area contributed by atoms with Crippen LogP contribution < -0.4 is 0 Å². The zero-order chi connectivity index (χ0) is 11.7. The Morgan fingerprint density at radius 2 is 2.12 bits per heavy atom. The van der Waals surface area contributed by atoms with Gasteiger partial charge in [0.1, 0.15) is 6.10 Å². The monoisotopic (exact) mass is 231 g/mol. The van der Waals surface area contributed by atoms with Crippen molar-refractivity contribution in [2.24, 2.45) is 0 Å². The fraction of sp³-hybridized carbons (Fsp3) is 0.500. The average molecular weight is 231 g/mol. The van der Waals surface area contributed by atoms with Crippen molar-refractivity contribution in [2.45, 2.75) is 31.9 Å². The van der Waals surface area contributed by atoms with Crippen molar-refractivity contribution >= 4 is 5.91 Å². The highest BCUT2D eigenvalue weighted by Gasteiger charge is 2.29. The molecule has 0 radical (unpaired) electrons. The van der Waals surface area contributed by atoms with E-state index in [1.54, 1.807) is 0 Å². The molecule has 0 bridgehead atoms. The SMILES string of the molecule is O=C([C@H]1CCCO1)N1CCc2ccccc2C1. The molecule has 1 fully saturated rings. The third kappa shape index (κ3) is 2.07. The summed E-state index contributed by atoms with van der Waals surface area (Å²) < 4.78 is 5.46. The largest absolute Gasteiger partial charge is 0.368 e. The van der Waals surface area contributed by atoms with Crippen LogP contribution in [0.5, 0.6) is 0 Å². The number of benzene rings is 1. The van der Waals surface area contributed by atoms with Crippen LogP contribution in [0, 0.1) is 0 Å². The smallest absolute Gasteiger partial charge is 0.252 e. The number of hydrogen-bond acceptors (Lipinski definition) is 2. The maximum atomic E-state index is 12.2. The molecule has 1 atom stereocenters. The molecule has 2 heterocycles. The molecule has 1 amide bonds. The Balaban J connectivity index is 1.73. The van der Waals surface area contributed by atoms with Crippen LogP contribution in [0.4, 0.5) is 0 Å². The standard InChI is InChI=1S/C14H17NO2/c16-14(13-6-3-9-17-13)15-8-7-11-4-1-2-5-12(11)10-15/h1-2,4-5,13H,3,6-10H2/t13-/m1/s1. The van der Waals surface area contributed by atoms with E-state index >= 15 is 0 Å². The maximum Gasteiger partial charge on any atom is 0.252 e. The van der Waals surface area contributed by atoms with E-state index in [0.29, 0.717) is 0 Å². The lowest BCUT2D eigenvalue weighted by atomic mass is 9.99. The number of fused-ring (bicyclic) bond motifs is 1. The van der Waals surface area contributed by atoms with Gasteiger partial charge in [0.25, 0.3) is 5.91 Å². The Hall–Kier alpha value is -1.35. The fourth-order valence-corrected chi connectivity index (χ4v) is 2.66. The summed E-state index contributed by atoms with van der Waals surface area (Å²) in [6.07, 6.45) is 2.69. The summed E-state index contributed by atoms with van der Waals surface area (Å²) in [6.45, 7) is 2.31. The molecule has 3 nitrogen and oxygen atoms in total. The number of nitrogens with zero attached hydrogens (tertiary/aromatic N) is 1. The van der Waals surface area contributed by atoms with E-state index in [-0.39, 0.29) is 12.0 Å². The molecule has 90 valence electrons. The predicted molar refractivity (Wildman–Crippen MR) is 64.5 cm³/mol. The first-order valence-electron chi connectivity index (χ1n) is 6.32. The van der Waals surface area contributed by atoms with Gasteiger partial charge in [-0.3, -0.25) is 4.79 Å². The van der Waals surface area contributed by atoms with Crippen molar-refractivity contribution in [1.82, 2.24) is 4.90 Å². The Labute approximate surface area is 101 Å². The lowest BCUT2D eigenvalue weighted by Gasteiger charge is -2.30. The van der Waals surface area contributed by atoms with Crippen LogP contribution in [-0.4, -0.2) is 30.1 Å². The van der Waals surface area contributed by atoms with E-state index < -0.39 is 0 Å². The minimum atomic E-state index is -0.180. The van der Waals surface area contributed by atoms with Crippen LogP contribution in [0.15, 0.2) is 24.3 Å². The zero-order valence-electron chi connectivity index (χ0n) is 9.89. The summed E-state index contributed by atoms with van der Waals surface area (Å²) in [5, 5.41) is 0. The lowest BCUT2D eigenvalue weighted by Crippen LogP contribution is -2.41. The van der Waals surface area contributed by atoms with Crippen LogP contribution in [0.2, 0.25) is 0 Å². The molecule has 2 aliphatic rings. The Morgan fingerprint density at radius 1 is 1.29 bits per heavy atom. The van der Waals surface area contributed by atoms with Gasteiger partial charge in [0.05, 0.1) is 0 Å². The molecule has 0 saturated carbocycles. The topological polar surface area (TPSA) is 29.5 Å². The molecule has 3 heteroatoms. The van der Waals surface area contributed by atoms with Gasteiger partial charge in [-0.2, -0.15) is 0 Å². The zero-order valence-corrected chi connectivity index (χ0v) is 9.89. The van der Waals surface area contributed by atoms with Crippen LogP contribution in [0.3, 0.4) is 0 Å².